The maximum Gasteiger partial charge on any atom is 0.234 e. The van der Waals surface area contributed by atoms with E-state index < -0.39 is 0 Å². The third kappa shape index (κ3) is 5.29. The summed E-state index contributed by atoms with van der Waals surface area (Å²) < 4.78 is 0. The van der Waals surface area contributed by atoms with Crippen molar-refractivity contribution in [2.24, 2.45) is 11.7 Å². The minimum atomic E-state index is 0.00893. The van der Waals surface area contributed by atoms with Gasteiger partial charge in [0.1, 0.15) is 0 Å². The van der Waals surface area contributed by atoms with Crippen LogP contribution in [0.4, 0.5) is 5.69 Å². The highest BCUT2D eigenvalue weighted by Crippen LogP contribution is 2.19. The second-order valence-electron chi connectivity index (χ2n) is 4.36. The van der Waals surface area contributed by atoms with E-state index in [-0.39, 0.29) is 5.91 Å². The van der Waals surface area contributed by atoms with E-state index in [1.54, 1.807) is 17.8 Å². The quantitative estimate of drug-likeness (QED) is 0.845. The molecule has 18 heavy (non-hydrogen) atoms. The summed E-state index contributed by atoms with van der Waals surface area (Å²) in [7, 11) is 0. The van der Waals surface area contributed by atoms with Crippen molar-refractivity contribution in [3.8, 4) is 0 Å². The van der Waals surface area contributed by atoms with E-state index in [2.05, 4.69) is 12.2 Å². The Hall–Kier alpha value is -0.710. The first-order valence-corrected chi connectivity index (χ1v) is 7.40. The number of hydrogen-bond donors (Lipinski definition) is 2. The van der Waals surface area contributed by atoms with Crippen LogP contribution < -0.4 is 11.1 Å². The third-order valence-electron chi connectivity index (χ3n) is 2.50. The predicted octanol–water partition coefficient (Wildman–Crippen LogP) is 2.91. The van der Waals surface area contributed by atoms with E-state index in [0.29, 0.717) is 23.2 Å². The number of aryl methyl sites for hydroxylation is 1. The highest BCUT2D eigenvalue weighted by atomic mass is 35.5. The molecule has 1 rings (SSSR count). The summed E-state index contributed by atoms with van der Waals surface area (Å²) in [6.45, 7) is 4.66. The summed E-state index contributed by atoms with van der Waals surface area (Å²) in [4.78, 5) is 11.7. The molecular formula is C13H19ClN2OS. The summed E-state index contributed by atoms with van der Waals surface area (Å²) >= 11 is 7.46. The van der Waals surface area contributed by atoms with Gasteiger partial charge in [-0.2, -0.15) is 11.8 Å². The average molecular weight is 287 g/mol. The number of halogens is 1. The number of carbonyl (C=O) groups excluding carboxylic acids is 1. The molecule has 0 aliphatic carbocycles. The Balaban J connectivity index is 2.40. The minimum Gasteiger partial charge on any atom is -0.330 e. The fourth-order valence-corrected chi connectivity index (χ4v) is 2.51. The van der Waals surface area contributed by atoms with Gasteiger partial charge < -0.3 is 11.1 Å². The lowest BCUT2D eigenvalue weighted by Crippen LogP contribution is -2.17. The van der Waals surface area contributed by atoms with Crippen LogP contribution in [-0.4, -0.2) is 24.0 Å². The molecule has 0 saturated carbocycles. The Morgan fingerprint density at radius 3 is 2.89 bits per heavy atom. The molecule has 0 heterocycles. The summed E-state index contributed by atoms with van der Waals surface area (Å²) in [5.41, 5.74) is 7.31. The van der Waals surface area contributed by atoms with Crippen molar-refractivity contribution in [3.63, 3.8) is 0 Å². The SMILES string of the molecule is Cc1cc(Cl)ccc1NC(=O)CSCC(C)CN. The number of rotatable bonds is 6. The standard InChI is InChI=1S/C13H19ClN2OS/c1-9(6-15)7-18-8-13(17)16-12-4-3-11(14)5-10(12)2/h3-5,9H,6-8,15H2,1-2H3,(H,16,17). The van der Waals surface area contributed by atoms with Crippen LogP contribution in [0.5, 0.6) is 0 Å². The molecule has 5 heteroatoms. The number of thioether (sulfide) groups is 1. The van der Waals surface area contributed by atoms with E-state index >= 15 is 0 Å². The predicted molar refractivity (Wildman–Crippen MR) is 80.4 cm³/mol. The van der Waals surface area contributed by atoms with Crippen LogP contribution in [-0.2, 0) is 4.79 Å². The van der Waals surface area contributed by atoms with Gasteiger partial charge in [0.15, 0.2) is 0 Å². The number of nitrogens with two attached hydrogens (primary N) is 1. The summed E-state index contributed by atoms with van der Waals surface area (Å²) in [6, 6.07) is 5.43. The van der Waals surface area contributed by atoms with Gasteiger partial charge in [-0.15, -0.1) is 0 Å². The summed E-state index contributed by atoms with van der Waals surface area (Å²) in [5, 5.41) is 3.56. The number of nitrogens with one attached hydrogen (secondary N) is 1. The van der Waals surface area contributed by atoms with Crippen LogP contribution in [0, 0.1) is 12.8 Å². The Morgan fingerprint density at radius 1 is 1.56 bits per heavy atom. The van der Waals surface area contributed by atoms with Crippen molar-refractivity contribution >= 4 is 35.0 Å². The van der Waals surface area contributed by atoms with Crippen molar-refractivity contribution in [2.45, 2.75) is 13.8 Å². The largest absolute Gasteiger partial charge is 0.330 e. The Labute approximate surface area is 117 Å². The molecule has 3 nitrogen and oxygen atoms in total. The monoisotopic (exact) mass is 286 g/mol. The molecular weight excluding hydrogens is 268 g/mol. The molecule has 0 bridgehead atoms. The number of hydrogen-bond acceptors (Lipinski definition) is 3. The molecule has 1 unspecified atom stereocenters. The van der Waals surface area contributed by atoms with Crippen molar-refractivity contribution in [1.82, 2.24) is 0 Å². The van der Waals surface area contributed by atoms with Crippen LogP contribution in [0.25, 0.3) is 0 Å². The highest BCUT2D eigenvalue weighted by Gasteiger charge is 2.06. The molecule has 100 valence electrons. The fraction of sp³-hybridized carbons (Fsp3) is 0.462. The van der Waals surface area contributed by atoms with Gasteiger partial charge in [-0.1, -0.05) is 18.5 Å². The molecule has 0 aliphatic rings. The zero-order chi connectivity index (χ0) is 13.5. The molecule has 3 N–H and O–H groups in total. The van der Waals surface area contributed by atoms with Crippen LogP contribution in [0.3, 0.4) is 0 Å². The molecule has 1 aromatic rings. The number of anilines is 1. The van der Waals surface area contributed by atoms with E-state index in [0.717, 1.165) is 17.0 Å². The van der Waals surface area contributed by atoms with Gasteiger partial charge in [0.05, 0.1) is 5.75 Å². The Morgan fingerprint density at radius 2 is 2.28 bits per heavy atom. The molecule has 1 atom stereocenters. The number of amides is 1. The smallest absolute Gasteiger partial charge is 0.234 e. The maximum absolute atomic E-state index is 11.7. The second kappa shape index (κ2) is 7.67. The van der Waals surface area contributed by atoms with E-state index in [9.17, 15) is 4.79 Å². The van der Waals surface area contributed by atoms with Gasteiger partial charge in [0.2, 0.25) is 5.91 Å². The van der Waals surface area contributed by atoms with Gasteiger partial charge in [0, 0.05) is 10.7 Å². The highest BCUT2D eigenvalue weighted by molar-refractivity contribution is 7.99. The number of carbonyl (C=O) groups is 1. The van der Waals surface area contributed by atoms with Crippen LogP contribution in [0.2, 0.25) is 5.02 Å². The molecule has 0 aliphatic heterocycles. The van der Waals surface area contributed by atoms with Gasteiger partial charge in [0.25, 0.3) is 0 Å². The zero-order valence-corrected chi connectivity index (χ0v) is 12.3. The first-order chi connectivity index (χ1) is 8.52. The van der Waals surface area contributed by atoms with Gasteiger partial charge >= 0.3 is 0 Å². The maximum atomic E-state index is 11.7. The normalized spacial score (nSPS) is 12.2. The molecule has 1 amide bonds. The van der Waals surface area contributed by atoms with E-state index in [4.69, 9.17) is 17.3 Å². The fourth-order valence-electron chi connectivity index (χ4n) is 1.37. The zero-order valence-electron chi connectivity index (χ0n) is 10.7. The third-order valence-corrected chi connectivity index (χ3v) is 4.01. The molecule has 0 saturated heterocycles. The average Bonchev–Trinajstić information content (AvgIpc) is 2.32. The van der Waals surface area contributed by atoms with Crippen molar-refractivity contribution in [3.05, 3.63) is 28.8 Å². The molecule has 0 radical (unpaired) electrons. The first-order valence-electron chi connectivity index (χ1n) is 5.86. The molecule has 1 aromatic carbocycles. The van der Waals surface area contributed by atoms with E-state index in [1.165, 1.54) is 0 Å². The molecule has 0 aromatic heterocycles. The molecule has 0 spiro atoms. The van der Waals surface area contributed by atoms with Gasteiger partial charge in [-0.05, 0) is 48.9 Å². The van der Waals surface area contributed by atoms with Crippen LogP contribution >= 0.6 is 23.4 Å². The summed E-state index contributed by atoms with van der Waals surface area (Å²) in [5.74, 6) is 1.81. The molecule has 0 fully saturated rings. The lowest BCUT2D eigenvalue weighted by molar-refractivity contribution is -0.113. The van der Waals surface area contributed by atoms with Crippen molar-refractivity contribution in [2.75, 3.05) is 23.4 Å². The minimum absolute atomic E-state index is 0.00893. The Kier molecular flexibility index (Phi) is 6.54. The lowest BCUT2D eigenvalue weighted by atomic mass is 10.2. The van der Waals surface area contributed by atoms with Crippen molar-refractivity contribution < 1.29 is 4.79 Å². The topological polar surface area (TPSA) is 55.1 Å². The summed E-state index contributed by atoms with van der Waals surface area (Å²) in [6.07, 6.45) is 0. The first kappa shape index (κ1) is 15.3. The lowest BCUT2D eigenvalue weighted by Gasteiger charge is -2.10. The van der Waals surface area contributed by atoms with Crippen LogP contribution in [0.15, 0.2) is 18.2 Å². The Bertz CT molecular complexity index is 412. The second-order valence-corrected chi connectivity index (χ2v) is 5.83. The van der Waals surface area contributed by atoms with Crippen LogP contribution in [0.1, 0.15) is 12.5 Å². The van der Waals surface area contributed by atoms with Crippen molar-refractivity contribution in [1.29, 1.82) is 0 Å². The van der Waals surface area contributed by atoms with Gasteiger partial charge in [-0.25, -0.2) is 0 Å². The van der Waals surface area contributed by atoms with E-state index in [1.807, 2.05) is 19.1 Å². The number of benzene rings is 1. The van der Waals surface area contributed by atoms with Gasteiger partial charge in [-0.3, -0.25) is 4.79 Å².